The monoisotopic (exact) mass is 265 g/mol. The zero-order chi connectivity index (χ0) is 14.3. The number of hydrogen-bond acceptors (Lipinski definition) is 4. The largest absolute Gasteiger partial charge is 0.480 e. The lowest BCUT2D eigenvalue weighted by Crippen LogP contribution is -2.41. The molecule has 0 spiro atoms. The van der Waals surface area contributed by atoms with E-state index in [0.717, 1.165) is 7.11 Å². The number of carboxylic acid groups (broad SMARTS) is 1. The van der Waals surface area contributed by atoms with Crippen molar-refractivity contribution in [3.63, 3.8) is 0 Å². The number of nitrogens with one attached hydrogen (secondary N) is 1. The van der Waals surface area contributed by atoms with Gasteiger partial charge in [-0.25, -0.2) is 9.59 Å². The van der Waals surface area contributed by atoms with Crippen LogP contribution in [0.1, 0.15) is 23.2 Å². The molecule has 0 heterocycles. The first-order valence-electron chi connectivity index (χ1n) is 5.70. The lowest BCUT2D eigenvalue weighted by molar-refractivity contribution is -0.139. The molecule has 19 heavy (non-hydrogen) atoms. The summed E-state index contributed by atoms with van der Waals surface area (Å²) in [6, 6.07) is 7.43. The van der Waals surface area contributed by atoms with Crippen LogP contribution in [0.3, 0.4) is 0 Å². The van der Waals surface area contributed by atoms with Crippen molar-refractivity contribution in [3.05, 3.63) is 35.9 Å². The molecule has 1 rings (SSSR count). The van der Waals surface area contributed by atoms with Gasteiger partial charge in [0.2, 0.25) is 0 Å². The second-order valence-electron chi connectivity index (χ2n) is 3.85. The third-order valence-corrected chi connectivity index (χ3v) is 2.53. The standard InChI is InChI=1S/C13H15NO5/c1-19-13(18)14-10(12(16)17)7-8-11(15)9-5-3-2-4-6-9/h2-6,10H,7-8H2,1H3,(H,14,18)(H,16,17). The molecule has 6 nitrogen and oxygen atoms in total. The number of methoxy groups -OCH3 is 1. The van der Waals surface area contributed by atoms with Crippen molar-refractivity contribution in [3.8, 4) is 0 Å². The van der Waals surface area contributed by atoms with Gasteiger partial charge in [-0.3, -0.25) is 4.79 Å². The van der Waals surface area contributed by atoms with E-state index in [-0.39, 0.29) is 18.6 Å². The van der Waals surface area contributed by atoms with E-state index in [0.29, 0.717) is 5.56 Å². The number of rotatable bonds is 6. The minimum Gasteiger partial charge on any atom is -0.480 e. The van der Waals surface area contributed by atoms with Gasteiger partial charge in [0.1, 0.15) is 6.04 Å². The zero-order valence-electron chi connectivity index (χ0n) is 10.5. The predicted octanol–water partition coefficient (Wildman–Crippen LogP) is 1.46. The quantitative estimate of drug-likeness (QED) is 0.759. The Labute approximate surface area is 110 Å². The molecule has 0 bridgehead atoms. The number of ether oxygens (including phenoxy) is 1. The van der Waals surface area contributed by atoms with Crippen LogP contribution in [0, 0.1) is 0 Å². The summed E-state index contributed by atoms with van der Waals surface area (Å²) in [6.45, 7) is 0. The molecule has 1 aromatic rings. The minimum atomic E-state index is -1.20. The molecule has 1 amide bonds. The van der Waals surface area contributed by atoms with E-state index in [1.165, 1.54) is 0 Å². The van der Waals surface area contributed by atoms with Gasteiger partial charge in [-0.15, -0.1) is 0 Å². The number of alkyl carbamates (subject to hydrolysis) is 1. The van der Waals surface area contributed by atoms with Crippen LogP contribution in [0.2, 0.25) is 0 Å². The Bertz CT molecular complexity index is 457. The van der Waals surface area contributed by atoms with E-state index in [1.807, 2.05) is 0 Å². The zero-order valence-corrected chi connectivity index (χ0v) is 10.5. The summed E-state index contributed by atoms with van der Waals surface area (Å²) >= 11 is 0. The summed E-state index contributed by atoms with van der Waals surface area (Å²) in [6.07, 6.45) is -0.789. The van der Waals surface area contributed by atoms with Gasteiger partial charge >= 0.3 is 12.1 Å². The molecule has 0 aromatic heterocycles. The van der Waals surface area contributed by atoms with Crippen molar-refractivity contribution in [2.75, 3.05) is 7.11 Å². The summed E-state index contributed by atoms with van der Waals surface area (Å²) < 4.78 is 4.32. The molecule has 0 saturated heterocycles. The van der Waals surface area contributed by atoms with Gasteiger partial charge < -0.3 is 15.2 Å². The number of hydrogen-bond donors (Lipinski definition) is 2. The summed E-state index contributed by atoms with van der Waals surface area (Å²) in [7, 11) is 1.14. The molecule has 0 aliphatic heterocycles. The van der Waals surface area contributed by atoms with Gasteiger partial charge in [0.15, 0.2) is 5.78 Å². The van der Waals surface area contributed by atoms with E-state index in [4.69, 9.17) is 5.11 Å². The third-order valence-electron chi connectivity index (χ3n) is 2.53. The van der Waals surface area contributed by atoms with Crippen LogP contribution >= 0.6 is 0 Å². The molecule has 1 unspecified atom stereocenters. The first kappa shape index (κ1) is 14.7. The summed E-state index contributed by atoms with van der Waals surface area (Å²) in [5.74, 6) is -1.37. The Kier molecular flexibility index (Phi) is 5.53. The number of carbonyl (C=O) groups is 3. The van der Waals surface area contributed by atoms with Crippen molar-refractivity contribution in [1.29, 1.82) is 0 Å². The highest BCUT2D eigenvalue weighted by molar-refractivity contribution is 5.96. The van der Waals surface area contributed by atoms with E-state index in [2.05, 4.69) is 10.1 Å². The normalized spacial score (nSPS) is 11.4. The van der Waals surface area contributed by atoms with Crippen molar-refractivity contribution in [1.82, 2.24) is 5.32 Å². The maximum Gasteiger partial charge on any atom is 0.407 e. The van der Waals surface area contributed by atoms with Crippen LogP contribution in [0.25, 0.3) is 0 Å². The van der Waals surface area contributed by atoms with Crippen LogP contribution < -0.4 is 5.32 Å². The number of Topliss-reactive ketones (excluding diaryl/α,β-unsaturated/α-hetero) is 1. The average molecular weight is 265 g/mol. The Hall–Kier alpha value is -2.37. The number of carboxylic acids is 1. The minimum absolute atomic E-state index is 0.0121. The second-order valence-corrected chi connectivity index (χ2v) is 3.85. The van der Waals surface area contributed by atoms with Gasteiger partial charge in [-0.2, -0.15) is 0 Å². The Balaban J connectivity index is 2.55. The predicted molar refractivity (Wildman–Crippen MR) is 67.0 cm³/mol. The third kappa shape index (κ3) is 4.79. The van der Waals surface area contributed by atoms with Crippen LogP contribution in [0.15, 0.2) is 30.3 Å². The highest BCUT2D eigenvalue weighted by Gasteiger charge is 2.21. The van der Waals surface area contributed by atoms with E-state index in [1.54, 1.807) is 30.3 Å². The topological polar surface area (TPSA) is 92.7 Å². The van der Waals surface area contributed by atoms with E-state index >= 15 is 0 Å². The maximum absolute atomic E-state index is 11.8. The fraction of sp³-hybridized carbons (Fsp3) is 0.308. The molecular formula is C13H15NO5. The van der Waals surface area contributed by atoms with Crippen molar-refractivity contribution >= 4 is 17.8 Å². The van der Waals surface area contributed by atoms with E-state index < -0.39 is 18.1 Å². The number of amides is 1. The van der Waals surface area contributed by atoms with Gasteiger partial charge in [0.25, 0.3) is 0 Å². The van der Waals surface area contributed by atoms with Gasteiger partial charge in [-0.1, -0.05) is 30.3 Å². The number of carbonyl (C=O) groups excluding carboxylic acids is 2. The molecular weight excluding hydrogens is 250 g/mol. The fourth-order valence-corrected chi connectivity index (χ4v) is 1.50. The molecule has 1 atom stereocenters. The van der Waals surface area contributed by atoms with Gasteiger partial charge in [0, 0.05) is 12.0 Å². The van der Waals surface area contributed by atoms with Crippen molar-refractivity contribution in [2.45, 2.75) is 18.9 Å². The molecule has 0 aliphatic rings. The first-order valence-corrected chi connectivity index (χ1v) is 5.70. The van der Waals surface area contributed by atoms with Gasteiger partial charge in [0.05, 0.1) is 7.11 Å². The Morgan fingerprint density at radius 2 is 1.89 bits per heavy atom. The summed E-state index contributed by atoms with van der Waals surface area (Å²) in [4.78, 5) is 33.7. The van der Waals surface area contributed by atoms with Crippen LogP contribution in [-0.2, 0) is 9.53 Å². The lowest BCUT2D eigenvalue weighted by Gasteiger charge is -2.12. The molecule has 0 saturated carbocycles. The number of benzene rings is 1. The molecule has 0 fully saturated rings. The van der Waals surface area contributed by atoms with Crippen LogP contribution in [-0.4, -0.2) is 36.1 Å². The summed E-state index contributed by atoms with van der Waals surface area (Å²) in [5.41, 5.74) is 0.518. The van der Waals surface area contributed by atoms with Crippen molar-refractivity contribution in [2.24, 2.45) is 0 Å². The first-order chi connectivity index (χ1) is 9.04. The molecule has 102 valence electrons. The van der Waals surface area contributed by atoms with Crippen LogP contribution in [0.4, 0.5) is 4.79 Å². The Morgan fingerprint density at radius 1 is 1.26 bits per heavy atom. The van der Waals surface area contributed by atoms with E-state index in [9.17, 15) is 14.4 Å². The summed E-state index contributed by atoms with van der Waals surface area (Å²) in [5, 5.41) is 11.1. The van der Waals surface area contributed by atoms with Crippen molar-refractivity contribution < 1.29 is 24.2 Å². The molecule has 6 heteroatoms. The highest BCUT2D eigenvalue weighted by Crippen LogP contribution is 2.07. The SMILES string of the molecule is COC(=O)NC(CCC(=O)c1ccccc1)C(=O)O. The molecule has 0 radical (unpaired) electrons. The van der Waals surface area contributed by atoms with Crippen LogP contribution in [0.5, 0.6) is 0 Å². The Morgan fingerprint density at radius 3 is 2.42 bits per heavy atom. The lowest BCUT2D eigenvalue weighted by atomic mass is 10.0. The fourth-order valence-electron chi connectivity index (χ4n) is 1.50. The molecule has 1 aromatic carbocycles. The number of ketones is 1. The molecule has 2 N–H and O–H groups in total. The molecule has 0 aliphatic carbocycles. The van der Waals surface area contributed by atoms with Gasteiger partial charge in [-0.05, 0) is 6.42 Å². The maximum atomic E-state index is 11.8. The second kappa shape index (κ2) is 7.15. The highest BCUT2D eigenvalue weighted by atomic mass is 16.5. The average Bonchev–Trinajstić information content (AvgIpc) is 2.43. The smallest absolute Gasteiger partial charge is 0.407 e. The number of aliphatic carboxylic acids is 1.